The SMILES string of the molecule is C=C(C)C(=O)OCc1ccccc1.C=CC(=O)O.C=CC(=O)OC. The highest BCUT2D eigenvalue weighted by atomic mass is 16.5. The zero-order valence-electron chi connectivity index (χ0n) is 13.9. The van der Waals surface area contributed by atoms with Gasteiger partial charge in [0.1, 0.15) is 6.61 Å². The maximum absolute atomic E-state index is 11.0. The molecule has 6 heteroatoms. The molecule has 1 aromatic rings. The minimum Gasteiger partial charge on any atom is -0.478 e. The Bertz CT molecular complexity index is 560. The number of ether oxygens (including phenoxy) is 2. The first-order valence-corrected chi connectivity index (χ1v) is 6.70. The fourth-order valence-electron chi connectivity index (χ4n) is 0.930. The summed E-state index contributed by atoms with van der Waals surface area (Å²) in [5, 5.41) is 7.60. The van der Waals surface area contributed by atoms with Gasteiger partial charge in [0.25, 0.3) is 0 Å². The van der Waals surface area contributed by atoms with E-state index < -0.39 is 11.9 Å². The number of hydrogen-bond donors (Lipinski definition) is 1. The Kier molecular flexibility index (Phi) is 14.2. The van der Waals surface area contributed by atoms with Crippen LogP contribution in [0, 0.1) is 0 Å². The number of carboxylic acid groups (broad SMARTS) is 1. The minimum absolute atomic E-state index is 0.312. The fourth-order valence-corrected chi connectivity index (χ4v) is 0.930. The van der Waals surface area contributed by atoms with Gasteiger partial charge in [0, 0.05) is 17.7 Å². The molecule has 24 heavy (non-hydrogen) atoms. The van der Waals surface area contributed by atoms with Gasteiger partial charge in [-0.2, -0.15) is 0 Å². The predicted molar refractivity (Wildman–Crippen MR) is 91.1 cm³/mol. The molecule has 0 saturated carbocycles. The van der Waals surface area contributed by atoms with E-state index in [4.69, 9.17) is 9.84 Å². The molecule has 0 saturated heterocycles. The van der Waals surface area contributed by atoms with E-state index >= 15 is 0 Å². The van der Waals surface area contributed by atoms with Gasteiger partial charge < -0.3 is 14.6 Å². The van der Waals surface area contributed by atoms with Crippen LogP contribution >= 0.6 is 0 Å². The lowest BCUT2D eigenvalue weighted by Gasteiger charge is -2.03. The first kappa shape index (κ1) is 23.1. The van der Waals surface area contributed by atoms with Crippen molar-refractivity contribution in [3.05, 3.63) is 73.4 Å². The van der Waals surface area contributed by atoms with E-state index in [1.54, 1.807) is 6.92 Å². The molecule has 1 N–H and O–H groups in total. The molecule has 0 aromatic heterocycles. The Hall–Kier alpha value is -3.15. The third kappa shape index (κ3) is 15.2. The van der Waals surface area contributed by atoms with E-state index in [-0.39, 0.29) is 5.97 Å². The van der Waals surface area contributed by atoms with Gasteiger partial charge >= 0.3 is 17.9 Å². The Balaban J connectivity index is 0. The number of rotatable bonds is 5. The number of esters is 2. The van der Waals surface area contributed by atoms with E-state index in [1.807, 2.05) is 30.3 Å². The van der Waals surface area contributed by atoms with Crippen LogP contribution in [0.2, 0.25) is 0 Å². The predicted octanol–water partition coefficient (Wildman–Crippen LogP) is 2.91. The summed E-state index contributed by atoms with van der Waals surface area (Å²) < 4.78 is 9.09. The van der Waals surface area contributed by atoms with Gasteiger partial charge in [-0.05, 0) is 12.5 Å². The van der Waals surface area contributed by atoms with Crippen molar-refractivity contribution < 1.29 is 29.0 Å². The molecular formula is C18H22O6. The van der Waals surface area contributed by atoms with Gasteiger partial charge in [0.2, 0.25) is 0 Å². The van der Waals surface area contributed by atoms with E-state index in [2.05, 4.69) is 24.5 Å². The quantitative estimate of drug-likeness (QED) is 0.658. The molecule has 0 atom stereocenters. The summed E-state index contributed by atoms with van der Waals surface area (Å²) in [6.07, 6.45) is 1.94. The van der Waals surface area contributed by atoms with Gasteiger partial charge in [0.05, 0.1) is 7.11 Å². The summed E-state index contributed by atoms with van der Waals surface area (Å²) in [5.74, 6) is -1.72. The number of methoxy groups -OCH3 is 1. The second kappa shape index (κ2) is 14.8. The van der Waals surface area contributed by atoms with Crippen LogP contribution in [0.5, 0.6) is 0 Å². The average molecular weight is 334 g/mol. The molecule has 0 fully saturated rings. The molecule has 6 nitrogen and oxygen atoms in total. The van der Waals surface area contributed by atoms with Gasteiger partial charge in [-0.15, -0.1) is 0 Å². The summed E-state index contributed by atoms with van der Waals surface area (Å²) in [4.78, 5) is 30.1. The van der Waals surface area contributed by atoms with Gasteiger partial charge in [-0.3, -0.25) is 0 Å². The van der Waals surface area contributed by atoms with Crippen LogP contribution in [0.4, 0.5) is 0 Å². The smallest absolute Gasteiger partial charge is 0.333 e. The molecule has 0 aliphatic carbocycles. The molecule has 1 aromatic carbocycles. The number of hydrogen-bond acceptors (Lipinski definition) is 5. The Morgan fingerprint density at radius 2 is 1.62 bits per heavy atom. The third-order valence-electron chi connectivity index (χ3n) is 2.10. The molecule has 0 heterocycles. The number of carbonyl (C=O) groups is 3. The van der Waals surface area contributed by atoms with Crippen molar-refractivity contribution in [1.82, 2.24) is 0 Å². The highest BCUT2D eigenvalue weighted by molar-refractivity contribution is 5.86. The molecule has 0 aliphatic rings. The molecule has 0 bridgehead atoms. The lowest BCUT2D eigenvalue weighted by molar-refractivity contribution is -0.140. The Labute approximate surface area is 141 Å². The van der Waals surface area contributed by atoms with Crippen LogP contribution < -0.4 is 0 Å². The zero-order chi connectivity index (χ0) is 19.0. The maximum Gasteiger partial charge on any atom is 0.333 e. The first-order valence-electron chi connectivity index (χ1n) is 6.70. The zero-order valence-corrected chi connectivity index (χ0v) is 13.9. The monoisotopic (exact) mass is 334 g/mol. The second-order valence-electron chi connectivity index (χ2n) is 4.11. The Morgan fingerprint density at radius 3 is 1.92 bits per heavy atom. The number of carbonyl (C=O) groups excluding carboxylic acids is 2. The third-order valence-corrected chi connectivity index (χ3v) is 2.10. The van der Waals surface area contributed by atoms with Crippen molar-refractivity contribution in [3.8, 4) is 0 Å². The highest BCUT2D eigenvalue weighted by Gasteiger charge is 2.02. The van der Waals surface area contributed by atoms with E-state index in [0.717, 1.165) is 17.7 Å². The maximum atomic E-state index is 11.0. The normalized spacial score (nSPS) is 8.08. The number of aliphatic carboxylic acids is 1. The lowest BCUT2D eigenvalue weighted by atomic mass is 10.2. The average Bonchev–Trinajstić information content (AvgIpc) is 2.60. The van der Waals surface area contributed by atoms with Crippen LogP contribution in [0.3, 0.4) is 0 Å². The fraction of sp³-hybridized carbons (Fsp3) is 0.167. The van der Waals surface area contributed by atoms with Gasteiger partial charge in [-0.1, -0.05) is 50.1 Å². The van der Waals surface area contributed by atoms with Crippen molar-refractivity contribution in [2.24, 2.45) is 0 Å². The van der Waals surface area contributed by atoms with Crippen LogP contribution in [-0.4, -0.2) is 30.1 Å². The van der Waals surface area contributed by atoms with Gasteiger partial charge in [0.15, 0.2) is 0 Å². The van der Waals surface area contributed by atoms with Crippen LogP contribution in [0.15, 0.2) is 67.8 Å². The molecule has 0 amide bonds. The standard InChI is InChI=1S/C11H12O2.C4H6O2.C3H4O2/c1-9(2)11(12)13-8-10-6-4-3-5-7-10;1-3-4(5)6-2;1-2-3(4)5/h3-7H,1,8H2,2H3;3H,1H2,2H3;2H,1H2,(H,4,5). The molecule has 1 rings (SSSR count). The minimum atomic E-state index is -0.981. The topological polar surface area (TPSA) is 89.9 Å². The van der Waals surface area contributed by atoms with Crippen molar-refractivity contribution in [3.63, 3.8) is 0 Å². The van der Waals surface area contributed by atoms with E-state index in [9.17, 15) is 14.4 Å². The van der Waals surface area contributed by atoms with Crippen molar-refractivity contribution in [2.45, 2.75) is 13.5 Å². The molecule has 0 spiro atoms. The van der Waals surface area contributed by atoms with Gasteiger partial charge in [-0.25, -0.2) is 14.4 Å². The molecule has 0 aliphatic heterocycles. The summed E-state index contributed by atoms with van der Waals surface area (Å²) in [6.45, 7) is 11.6. The molecule has 130 valence electrons. The number of benzene rings is 1. The van der Waals surface area contributed by atoms with Crippen molar-refractivity contribution >= 4 is 17.9 Å². The summed E-state index contributed by atoms with van der Waals surface area (Å²) in [7, 11) is 1.31. The summed E-state index contributed by atoms with van der Waals surface area (Å²) in [5.41, 5.74) is 1.41. The van der Waals surface area contributed by atoms with E-state index in [0.29, 0.717) is 12.2 Å². The second-order valence-corrected chi connectivity index (χ2v) is 4.11. The molecule has 0 radical (unpaired) electrons. The Morgan fingerprint density at radius 1 is 1.12 bits per heavy atom. The van der Waals surface area contributed by atoms with Crippen LogP contribution in [-0.2, 0) is 30.5 Å². The lowest BCUT2D eigenvalue weighted by Crippen LogP contribution is -2.04. The highest BCUT2D eigenvalue weighted by Crippen LogP contribution is 2.02. The molecule has 0 unspecified atom stereocenters. The van der Waals surface area contributed by atoms with E-state index in [1.165, 1.54) is 7.11 Å². The van der Waals surface area contributed by atoms with Crippen LogP contribution in [0.1, 0.15) is 12.5 Å². The summed E-state index contributed by atoms with van der Waals surface area (Å²) in [6, 6.07) is 9.55. The first-order chi connectivity index (χ1) is 11.3. The largest absolute Gasteiger partial charge is 0.478 e. The van der Waals surface area contributed by atoms with Crippen LogP contribution in [0.25, 0.3) is 0 Å². The summed E-state index contributed by atoms with van der Waals surface area (Å²) >= 11 is 0. The molecular weight excluding hydrogens is 312 g/mol. The van der Waals surface area contributed by atoms with Crippen molar-refractivity contribution in [1.29, 1.82) is 0 Å². The number of carboxylic acids is 1. The van der Waals surface area contributed by atoms with Crippen molar-refractivity contribution in [2.75, 3.05) is 7.11 Å².